The molecule has 8 fully saturated rings. The summed E-state index contributed by atoms with van der Waals surface area (Å²) in [7, 11) is 0. The molecule has 0 aromatic heterocycles. The lowest BCUT2D eigenvalue weighted by atomic mass is 9.63. The zero-order valence-electron chi connectivity index (χ0n) is 78.6. The highest BCUT2D eigenvalue weighted by Gasteiger charge is 2.70. The van der Waals surface area contributed by atoms with Crippen molar-refractivity contribution in [2.45, 2.75) is 367 Å². The normalized spacial score (nSPS) is 39.8. The highest BCUT2D eigenvalue weighted by atomic mass is 16.7. The first-order chi connectivity index (χ1) is 66.1. The zero-order valence-corrected chi connectivity index (χ0v) is 78.6. The van der Waals surface area contributed by atoms with Crippen molar-refractivity contribution in [2.75, 3.05) is 0 Å². The number of phenolic OH excluding ortho intramolecular Hbond substituents is 8. The molecule has 748 valence electrons. The van der Waals surface area contributed by atoms with Crippen molar-refractivity contribution in [3.63, 3.8) is 0 Å². The van der Waals surface area contributed by atoms with Gasteiger partial charge in [0.15, 0.2) is 71.1 Å². The van der Waals surface area contributed by atoms with E-state index in [2.05, 4.69) is 13.2 Å². The van der Waals surface area contributed by atoms with Gasteiger partial charge in [0.05, 0.1) is 190 Å². The number of hydrogen-bond acceptors (Lipinski definition) is 38. The summed E-state index contributed by atoms with van der Waals surface area (Å²) in [5.41, 5.74) is -9.86. The number of aliphatic hydroxyl groups is 8. The third-order valence-corrected chi connectivity index (χ3v) is 33.1. The summed E-state index contributed by atoms with van der Waals surface area (Å²) in [4.78, 5) is 110. The predicted octanol–water partition coefficient (Wildman–Crippen LogP) is 7.74. The second-order valence-electron chi connectivity index (χ2n) is 40.7. The largest absolute Gasteiger partial charge is 0.507 e. The van der Waals surface area contributed by atoms with Crippen molar-refractivity contribution >= 4 is 46.3 Å². The van der Waals surface area contributed by atoms with Gasteiger partial charge in [0.2, 0.25) is 0 Å². The molecule has 8 bridgehead atoms. The molecule has 4 aromatic rings. The molecule has 32 atom stereocenters. The van der Waals surface area contributed by atoms with Crippen LogP contribution in [0.4, 0.5) is 0 Å². The van der Waals surface area contributed by atoms with Gasteiger partial charge < -0.3 is 148 Å². The average Bonchev–Trinajstić information content (AvgIpc) is 1.13. The van der Waals surface area contributed by atoms with E-state index in [4.69, 9.17) is 66.3 Å². The number of ether oxygens (including phenoxy) is 14. The van der Waals surface area contributed by atoms with E-state index in [1.165, 1.54) is 13.8 Å². The number of phenols is 8. The van der Waals surface area contributed by atoms with Crippen LogP contribution in [0, 0.1) is 0 Å². The van der Waals surface area contributed by atoms with Crippen LogP contribution in [0.5, 0.6) is 46.0 Å². The fraction of sp³-hybridized carbons (Fsp3) is 0.569. The first kappa shape index (κ1) is 96.0. The van der Waals surface area contributed by atoms with Crippen LogP contribution in [0.15, 0.2) is 69.3 Å². The minimum absolute atomic E-state index is 0.00176. The van der Waals surface area contributed by atoms with Crippen LogP contribution < -0.4 is 0 Å². The summed E-state index contributed by atoms with van der Waals surface area (Å²) in [6, 6.07) is 0. The molecule has 0 amide bonds. The van der Waals surface area contributed by atoms with Crippen molar-refractivity contribution < 1.29 is 186 Å². The Morgan fingerprint density at radius 2 is 0.593 bits per heavy atom. The number of fused-ring (bicyclic) bond motifs is 20. The Labute approximate surface area is 799 Å². The lowest BCUT2D eigenvalue weighted by Gasteiger charge is -2.54. The first-order valence-electron chi connectivity index (χ1n) is 48.1. The molecule has 140 heavy (non-hydrogen) atoms. The highest BCUT2D eigenvalue weighted by molar-refractivity contribution is 6.34. The lowest BCUT2D eigenvalue weighted by Crippen LogP contribution is -2.67. The Morgan fingerprint density at radius 1 is 0.321 bits per heavy atom. The van der Waals surface area contributed by atoms with Gasteiger partial charge >= 0.3 is 0 Å². The Hall–Kier alpha value is -10.1. The third kappa shape index (κ3) is 13.1. The van der Waals surface area contributed by atoms with E-state index in [1.807, 2.05) is 13.8 Å². The van der Waals surface area contributed by atoms with Gasteiger partial charge in [-0.25, -0.2) is 0 Å². The molecule has 4 aromatic carbocycles. The molecule has 16 heterocycles. The summed E-state index contributed by atoms with van der Waals surface area (Å²) in [6.07, 6.45) is -16.3. The van der Waals surface area contributed by atoms with Crippen LogP contribution in [0.2, 0.25) is 0 Å². The fourth-order valence-electron chi connectivity index (χ4n) is 25.9. The Bertz CT molecular complexity index is 6340. The number of hydrogen-bond donors (Lipinski definition) is 16. The van der Waals surface area contributed by atoms with Gasteiger partial charge in [-0.05, 0) is 94.9 Å². The molecular formula is C102H112O38. The average molecular weight is 1950 g/mol. The van der Waals surface area contributed by atoms with E-state index in [0.717, 1.165) is 0 Å². The first-order valence-corrected chi connectivity index (χ1v) is 48.1. The third-order valence-electron chi connectivity index (χ3n) is 33.1. The van der Waals surface area contributed by atoms with E-state index in [1.54, 1.807) is 55.4 Å². The topological polar surface area (TPSA) is 589 Å². The maximum absolute atomic E-state index is 14.2. The van der Waals surface area contributed by atoms with Gasteiger partial charge in [-0.15, -0.1) is 0 Å². The van der Waals surface area contributed by atoms with Crippen molar-refractivity contribution in [1.82, 2.24) is 0 Å². The Kier molecular flexibility index (Phi) is 22.8. The van der Waals surface area contributed by atoms with E-state index in [-0.39, 0.29) is 166 Å². The molecule has 0 saturated carbocycles. The van der Waals surface area contributed by atoms with Gasteiger partial charge in [-0.2, -0.15) is 0 Å². The van der Waals surface area contributed by atoms with Crippen LogP contribution in [0.1, 0.15) is 324 Å². The monoisotopic (exact) mass is 1940 g/mol. The number of rotatable bonds is 6. The molecule has 38 nitrogen and oxygen atoms in total. The van der Waals surface area contributed by atoms with Crippen LogP contribution in [0.3, 0.4) is 0 Å². The molecule has 16 N–H and O–H groups in total. The van der Waals surface area contributed by atoms with E-state index >= 15 is 0 Å². The lowest BCUT2D eigenvalue weighted by molar-refractivity contribution is -0.291. The number of aromatic hydroxyl groups is 8. The molecule has 0 spiro atoms. The molecule has 8 saturated heterocycles. The van der Waals surface area contributed by atoms with Gasteiger partial charge in [0.25, 0.3) is 0 Å². The van der Waals surface area contributed by atoms with Crippen molar-refractivity contribution in [2.24, 2.45) is 0 Å². The summed E-state index contributed by atoms with van der Waals surface area (Å²) in [6.45, 7) is 28.0. The SMILES string of the molecule is C=C1C[C@@H]2O[C@@H](C)c3c(O)c4c(c(O)c3[C@@H]2O1)C(=O)C1=C(C4=O)C2(O)C(C)OC1CC2O[C@H]1CC[C@H](O)[C@H](C)O1.C=C1C[C@@H]2O[C@@H](C)c3c(O)c4c(c(O)c3[C@@H]2O1)C(=O)C1=C(C4=O)C2(O)C(O)CC1OC2C.CCC1Cc2c(O)c3c(c(O)c2[C@H](C)O1)C(=O)C1=C(C3=O)C2CC(O[C@H]3CC[C@H](O)[C@H](C)O3)C1(O)C(C)O2.CC[C@H]1Cc2c(O)c3c(c(O)c2[C@H](C)O1)C(=O)C1=C(C3=O)C2CC(O)C1(O)C(C)O2. The van der Waals surface area contributed by atoms with Crippen molar-refractivity contribution in [1.29, 1.82) is 0 Å². The standard InChI is InChI=1S/C29H32O11.C28H34O10.C23H22O9.C22H24O8/c1-9-7-15-28(36-9)22-18(11(3)37-15)24(31)21-20(26(22)33)25(32)19-14-8-16(40-17-6-5-13(30)10(2)38-17)29(35,12(4)39-14)23(19)27(21)34;1-5-13-8-14-19(11(3)35-13)25(31)22-21(24(14)30)26(32)20-16-9-17(38-18-7-6-15(29)10(2)36-18)28(34,12(4)37-16)23(20)27(22)33;1-6-4-10-22(30-6)16-12(7(2)31-10)18(25)15-14(20(16)27)19(26)13-9-5-11(24)23(29,8(3)32-9)17(13)21(15)28;1-4-9-5-10-13(7(2)29-9)19(25)16-15(18(10)24)20(26)14-11-6-12(23)22(28,8(3)30-11)17(14)21(16)27/h10-17,28,30-31,33,35H,1,5-8H2,2-4H3;10-13,15-18,29-31,34H,5-9H2,1-4H3;7-11,22,24-25,27,29H,1,4-5H2,2-3H3;7-9,11-12,23-25,28H,4-6H2,1-3H3/t10-,11-,12?,13-,14?,15-,16?,17-,28+,29?;10-,11-,12?,13?,15-,16?,17?,18-,28?;7-,8?,9?,10-,11?,22+,23?;7-,8?,9-,11?,12?,22?/m0000/s1. The number of carbonyl (C=O) groups excluding carboxylic acids is 8. The quantitative estimate of drug-likeness (QED) is 0.0820. The van der Waals surface area contributed by atoms with Gasteiger partial charge in [0.1, 0.15) is 80.6 Å². The molecule has 38 heteroatoms. The second-order valence-corrected chi connectivity index (χ2v) is 40.7. The minimum Gasteiger partial charge on any atom is -0.507 e. The minimum atomic E-state index is -2.11. The molecule has 24 aliphatic rings. The maximum Gasteiger partial charge on any atom is 0.197 e. The second kappa shape index (κ2) is 33.2. The Morgan fingerprint density at radius 3 is 0.900 bits per heavy atom. The molecule has 28 rings (SSSR count). The predicted molar refractivity (Wildman–Crippen MR) is 475 cm³/mol. The van der Waals surface area contributed by atoms with Crippen LogP contribution in [-0.4, -0.2) is 285 Å². The van der Waals surface area contributed by atoms with Gasteiger partial charge in [-0.3, -0.25) is 38.4 Å². The summed E-state index contributed by atoms with van der Waals surface area (Å²) in [5.74, 6) is -8.34. The van der Waals surface area contributed by atoms with E-state index in [9.17, 15) is 120 Å². The van der Waals surface area contributed by atoms with E-state index in [0.29, 0.717) is 86.9 Å². The Balaban J connectivity index is 0.000000112. The summed E-state index contributed by atoms with van der Waals surface area (Å²) >= 11 is 0. The van der Waals surface area contributed by atoms with Crippen LogP contribution >= 0.6 is 0 Å². The fourth-order valence-corrected chi connectivity index (χ4v) is 25.9. The number of ketones is 8. The van der Waals surface area contributed by atoms with Gasteiger partial charge in [0, 0.05) is 153 Å². The molecule has 16 aliphatic heterocycles. The summed E-state index contributed by atoms with van der Waals surface area (Å²) in [5, 5.41) is 178. The van der Waals surface area contributed by atoms with E-state index < -0.39 is 268 Å². The number of benzene rings is 4. The smallest absolute Gasteiger partial charge is 0.197 e. The van der Waals surface area contributed by atoms with Crippen molar-refractivity contribution in [3.05, 3.63) is 158 Å². The summed E-state index contributed by atoms with van der Waals surface area (Å²) < 4.78 is 82.6. The van der Waals surface area contributed by atoms with Crippen molar-refractivity contribution in [3.8, 4) is 46.0 Å². The van der Waals surface area contributed by atoms with Crippen LogP contribution in [-0.2, 0) is 79.2 Å². The van der Waals surface area contributed by atoms with Gasteiger partial charge in [-0.1, -0.05) is 27.0 Å². The number of Topliss-reactive ketones (excluding diaryl/α,β-unsaturated/α-hetero) is 8. The highest BCUT2D eigenvalue weighted by Crippen LogP contribution is 2.64. The zero-order chi connectivity index (χ0) is 100. The maximum atomic E-state index is 14.2. The molecule has 8 aliphatic carbocycles. The number of aliphatic hydroxyl groups excluding tert-OH is 4. The molecule has 17 unspecified atom stereocenters. The molecule has 0 radical (unpaired) electrons. The number of carbonyl (C=O) groups is 8. The van der Waals surface area contributed by atoms with Crippen LogP contribution in [0.25, 0.3) is 0 Å². The molecular weight excluding hydrogens is 1830 g/mol.